The van der Waals surface area contributed by atoms with Crippen molar-refractivity contribution in [3.8, 4) is 0 Å². The van der Waals surface area contributed by atoms with Gasteiger partial charge in [-0.05, 0) is 25.5 Å². The highest BCUT2D eigenvalue weighted by atomic mass is 16.3. The molecule has 1 aliphatic rings. The summed E-state index contributed by atoms with van der Waals surface area (Å²) < 4.78 is 5.53. The molecule has 5 heteroatoms. The van der Waals surface area contributed by atoms with Crippen LogP contribution in [-0.4, -0.2) is 40.7 Å². The number of carbonyl (C=O) groups excluding carboxylic acids is 2. The van der Waals surface area contributed by atoms with Crippen molar-refractivity contribution in [3.63, 3.8) is 0 Å². The lowest BCUT2D eigenvalue weighted by atomic mass is 10.2. The molecule has 0 aromatic carbocycles. The van der Waals surface area contributed by atoms with E-state index >= 15 is 0 Å². The zero-order valence-electron chi connectivity index (χ0n) is 13.0. The Balaban J connectivity index is 2.13. The first-order chi connectivity index (χ1) is 10.6. The molecule has 1 aromatic heterocycles. The van der Waals surface area contributed by atoms with Crippen molar-refractivity contribution in [1.29, 1.82) is 0 Å². The van der Waals surface area contributed by atoms with Crippen LogP contribution < -0.4 is 0 Å². The quantitative estimate of drug-likeness (QED) is 0.726. The average Bonchev–Trinajstić information content (AvgIpc) is 3.06. The molecule has 1 aliphatic heterocycles. The van der Waals surface area contributed by atoms with Crippen molar-refractivity contribution in [3.05, 3.63) is 49.0 Å². The van der Waals surface area contributed by atoms with Crippen molar-refractivity contribution in [2.45, 2.75) is 32.4 Å². The highest BCUT2D eigenvalue weighted by molar-refractivity contribution is 5.91. The molecule has 1 saturated heterocycles. The molecule has 5 nitrogen and oxygen atoms in total. The summed E-state index contributed by atoms with van der Waals surface area (Å²) in [7, 11) is 0. The summed E-state index contributed by atoms with van der Waals surface area (Å²) >= 11 is 0. The van der Waals surface area contributed by atoms with Crippen LogP contribution in [0.1, 0.15) is 24.4 Å². The largest absolute Gasteiger partial charge is 0.464 e. The van der Waals surface area contributed by atoms with E-state index in [0.717, 1.165) is 5.76 Å². The van der Waals surface area contributed by atoms with Crippen LogP contribution in [0, 0.1) is 6.92 Å². The Labute approximate surface area is 130 Å². The van der Waals surface area contributed by atoms with Gasteiger partial charge in [0.15, 0.2) is 0 Å². The van der Waals surface area contributed by atoms with E-state index in [2.05, 4.69) is 13.2 Å². The second kappa shape index (κ2) is 7.11. The number of nitrogens with zero attached hydrogens (tertiary/aromatic N) is 2. The molecule has 1 aromatic rings. The van der Waals surface area contributed by atoms with Gasteiger partial charge in [-0.3, -0.25) is 9.59 Å². The van der Waals surface area contributed by atoms with Crippen LogP contribution in [0.15, 0.2) is 41.9 Å². The molecular formula is C17H22N2O3. The Bertz CT molecular complexity index is 566. The third-order valence-electron chi connectivity index (χ3n) is 3.75. The predicted molar refractivity (Wildman–Crippen MR) is 84.0 cm³/mol. The van der Waals surface area contributed by atoms with E-state index in [-0.39, 0.29) is 11.8 Å². The van der Waals surface area contributed by atoms with Gasteiger partial charge in [0, 0.05) is 19.5 Å². The topological polar surface area (TPSA) is 53.8 Å². The minimum atomic E-state index is -0.433. The molecule has 1 fully saturated rings. The highest BCUT2D eigenvalue weighted by Gasteiger charge is 2.38. The van der Waals surface area contributed by atoms with E-state index in [9.17, 15) is 9.59 Å². The fourth-order valence-corrected chi connectivity index (χ4v) is 2.70. The second-order valence-electron chi connectivity index (χ2n) is 5.41. The molecule has 0 bridgehead atoms. The van der Waals surface area contributed by atoms with Crippen LogP contribution in [0.3, 0.4) is 0 Å². The molecule has 0 N–H and O–H groups in total. The van der Waals surface area contributed by atoms with Crippen molar-refractivity contribution in [2.24, 2.45) is 0 Å². The molecule has 118 valence electrons. The van der Waals surface area contributed by atoms with Crippen LogP contribution in [-0.2, 0) is 16.1 Å². The molecular weight excluding hydrogens is 280 g/mol. The van der Waals surface area contributed by atoms with E-state index in [1.165, 1.54) is 0 Å². The van der Waals surface area contributed by atoms with Gasteiger partial charge < -0.3 is 14.2 Å². The van der Waals surface area contributed by atoms with E-state index in [0.29, 0.717) is 38.2 Å². The lowest BCUT2D eigenvalue weighted by molar-refractivity contribution is -0.141. The number of hydrogen-bond acceptors (Lipinski definition) is 3. The third kappa shape index (κ3) is 3.47. The molecule has 0 aliphatic carbocycles. The number of rotatable bonds is 7. The van der Waals surface area contributed by atoms with Crippen molar-refractivity contribution >= 4 is 11.8 Å². The molecule has 0 spiro atoms. The van der Waals surface area contributed by atoms with Crippen LogP contribution >= 0.6 is 0 Å². The van der Waals surface area contributed by atoms with Crippen LogP contribution in [0.5, 0.6) is 0 Å². The smallest absolute Gasteiger partial charge is 0.245 e. The van der Waals surface area contributed by atoms with Gasteiger partial charge in [0.2, 0.25) is 11.8 Å². The summed E-state index contributed by atoms with van der Waals surface area (Å²) in [6.07, 6.45) is 4.30. The lowest BCUT2D eigenvalue weighted by Gasteiger charge is -2.28. The average molecular weight is 302 g/mol. The van der Waals surface area contributed by atoms with Crippen molar-refractivity contribution in [1.82, 2.24) is 9.80 Å². The fraction of sp³-hybridized carbons (Fsp3) is 0.412. The predicted octanol–water partition coefficient (Wildman–Crippen LogP) is 2.28. The van der Waals surface area contributed by atoms with Gasteiger partial charge in [-0.1, -0.05) is 12.2 Å². The molecule has 1 atom stereocenters. The molecule has 2 heterocycles. The Morgan fingerprint density at radius 3 is 2.64 bits per heavy atom. The van der Waals surface area contributed by atoms with Crippen molar-refractivity contribution in [2.75, 3.05) is 13.1 Å². The number of furan rings is 1. The lowest BCUT2D eigenvalue weighted by Crippen LogP contribution is -2.46. The summed E-state index contributed by atoms with van der Waals surface area (Å²) in [5.74, 6) is 1.42. The summed E-state index contributed by atoms with van der Waals surface area (Å²) in [6.45, 7) is 10.4. The molecule has 0 radical (unpaired) electrons. The first-order valence-electron chi connectivity index (χ1n) is 7.42. The maximum absolute atomic E-state index is 12.7. The Hall–Kier alpha value is -2.30. The van der Waals surface area contributed by atoms with Gasteiger partial charge in [0.1, 0.15) is 17.6 Å². The minimum absolute atomic E-state index is 0.00967. The number of hydrogen-bond donors (Lipinski definition) is 0. The van der Waals surface area contributed by atoms with Crippen molar-refractivity contribution < 1.29 is 14.0 Å². The Kier molecular flexibility index (Phi) is 5.20. The molecule has 22 heavy (non-hydrogen) atoms. The number of carbonyl (C=O) groups is 2. The summed E-state index contributed by atoms with van der Waals surface area (Å²) in [4.78, 5) is 28.1. The SMILES string of the molecule is C=CCN(CC=C)C(=O)[C@@H]1CCC(=O)N1Cc1ccc(C)o1. The maximum Gasteiger partial charge on any atom is 0.245 e. The minimum Gasteiger partial charge on any atom is -0.464 e. The monoisotopic (exact) mass is 302 g/mol. The summed E-state index contributed by atoms with van der Waals surface area (Å²) in [6, 6.07) is 3.26. The first kappa shape index (κ1) is 16.1. The summed E-state index contributed by atoms with van der Waals surface area (Å²) in [5.41, 5.74) is 0. The standard InChI is InChI=1S/C17H22N2O3/c1-4-10-18(11-5-2)17(21)15-8-9-16(20)19(15)12-14-7-6-13(3)22-14/h4-7,15H,1-2,8-12H2,3H3/t15-/m0/s1. The van der Waals surface area contributed by atoms with E-state index in [4.69, 9.17) is 4.42 Å². The van der Waals surface area contributed by atoms with E-state index in [1.54, 1.807) is 22.0 Å². The molecule has 0 saturated carbocycles. The van der Waals surface area contributed by atoms with Gasteiger partial charge in [-0.2, -0.15) is 0 Å². The maximum atomic E-state index is 12.7. The van der Waals surface area contributed by atoms with Gasteiger partial charge in [0.05, 0.1) is 6.54 Å². The van der Waals surface area contributed by atoms with Crippen LogP contribution in [0.2, 0.25) is 0 Å². The van der Waals surface area contributed by atoms with E-state index in [1.807, 2.05) is 19.1 Å². The zero-order valence-corrected chi connectivity index (χ0v) is 13.0. The van der Waals surface area contributed by atoms with Gasteiger partial charge in [-0.25, -0.2) is 0 Å². The van der Waals surface area contributed by atoms with Crippen LogP contribution in [0.4, 0.5) is 0 Å². The third-order valence-corrected chi connectivity index (χ3v) is 3.75. The van der Waals surface area contributed by atoms with Gasteiger partial charge in [0.25, 0.3) is 0 Å². The fourth-order valence-electron chi connectivity index (χ4n) is 2.70. The van der Waals surface area contributed by atoms with Gasteiger partial charge >= 0.3 is 0 Å². The Morgan fingerprint density at radius 1 is 1.41 bits per heavy atom. The zero-order chi connectivity index (χ0) is 16.1. The molecule has 0 unspecified atom stereocenters. The Morgan fingerprint density at radius 2 is 2.09 bits per heavy atom. The number of amides is 2. The second-order valence-corrected chi connectivity index (χ2v) is 5.41. The van der Waals surface area contributed by atoms with Crippen LogP contribution in [0.25, 0.3) is 0 Å². The number of aryl methyl sites for hydroxylation is 1. The normalized spacial score (nSPS) is 17.6. The highest BCUT2D eigenvalue weighted by Crippen LogP contribution is 2.24. The van der Waals surface area contributed by atoms with E-state index < -0.39 is 6.04 Å². The first-order valence-corrected chi connectivity index (χ1v) is 7.42. The molecule has 2 amide bonds. The number of likely N-dealkylation sites (tertiary alicyclic amines) is 1. The van der Waals surface area contributed by atoms with Gasteiger partial charge in [-0.15, -0.1) is 13.2 Å². The molecule has 2 rings (SSSR count). The summed E-state index contributed by atoms with van der Waals surface area (Å²) in [5, 5.41) is 0.